The number of rotatable bonds is 3. The number of halogens is 4. The molecule has 2 aromatic carbocycles. The van der Waals surface area contributed by atoms with Gasteiger partial charge in [-0.15, -0.1) is 0 Å². The van der Waals surface area contributed by atoms with Crippen LogP contribution in [-0.2, 0) is 6.42 Å². The highest BCUT2D eigenvalue weighted by molar-refractivity contribution is 5.67. The molecule has 0 saturated heterocycles. The SMILES string of the molecule is CCC1CCC(c2ccc(-c3ccc4c(c3)OCC(C(F)(F)F)C4)c(F)c2)CC1. The smallest absolute Gasteiger partial charge is 0.395 e. The third kappa shape index (κ3) is 4.29. The van der Waals surface area contributed by atoms with Crippen molar-refractivity contribution in [2.45, 2.75) is 57.5 Å². The number of ether oxygens (including phenoxy) is 1. The second-order valence-corrected chi connectivity index (χ2v) is 8.44. The molecule has 1 saturated carbocycles. The summed E-state index contributed by atoms with van der Waals surface area (Å²) in [4.78, 5) is 0. The molecule has 4 rings (SSSR count). The maximum absolute atomic E-state index is 14.9. The van der Waals surface area contributed by atoms with Crippen molar-refractivity contribution >= 4 is 0 Å². The van der Waals surface area contributed by atoms with Crippen LogP contribution >= 0.6 is 0 Å². The molecule has 1 unspecified atom stereocenters. The Labute approximate surface area is 169 Å². The molecule has 1 nitrogen and oxygen atoms in total. The van der Waals surface area contributed by atoms with E-state index in [2.05, 4.69) is 6.92 Å². The van der Waals surface area contributed by atoms with E-state index in [1.807, 2.05) is 6.07 Å². The largest absolute Gasteiger partial charge is 0.493 e. The van der Waals surface area contributed by atoms with Gasteiger partial charge in [0.05, 0.1) is 5.92 Å². The molecule has 29 heavy (non-hydrogen) atoms. The van der Waals surface area contributed by atoms with Crippen molar-refractivity contribution in [2.75, 3.05) is 6.61 Å². The van der Waals surface area contributed by atoms with Crippen LogP contribution in [0.4, 0.5) is 17.6 Å². The van der Waals surface area contributed by atoms with Crippen LogP contribution < -0.4 is 4.74 Å². The van der Waals surface area contributed by atoms with Crippen molar-refractivity contribution < 1.29 is 22.3 Å². The number of hydrogen-bond acceptors (Lipinski definition) is 1. The molecule has 1 fully saturated rings. The summed E-state index contributed by atoms with van der Waals surface area (Å²) in [5.41, 5.74) is 2.66. The lowest BCUT2D eigenvalue weighted by Gasteiger charge is -2.28. The molecule has 1 atom stereocenters. The highest BCUT2D eigenvalue weighted by atomic mass is 19.4. The van der Waals surface area contributed by atoms with Gasteiger partial charge < -0.3 is 4.74 Å². The number of hydrogen-bond donors (Lipinski definition) is 0. The minimum atomic E-state index is -4.27. The zero-order valence-corrected chi connectivity index (χ0v) is 16.6. The van der Waals surface area contributed by atoms with Gasteiger partial charge in [-0.05, 0) is 72.8 Å². The molecule has 2 aromatic rings. The minimum Gasteiger partial charge on any atom is -0.493 e. The normalized spacial score (nSPS) is 24.7. The molecule has 1 aliphatic heterocycles. The minimum absolute atomic E-state index is 0.0963. The van der Waals surface area contributed by atoms with E-state index in [0.29, 0.717) is 28.4 Å². The Morgan fingerprint density at radius 2 is 1.76 bits per heavy atom. The topological polar surface area (TPSA) is 9.23 Å². The van der Waals surface area contributed by atoms with Crippen molar-refractivity contribution in [3.8, 4) is 16.9 Å². The highest BCUT2D eigenvalue weighted by Crippen LogP contribution is 2.40. The summed E-state index contributed by atoms with van der Waals surface area (Å²) >= 11 is 0. The Hall–Kier alpha value is -2.04. The lowest BCUT2D eigenvalue weighted by molar-refractivity contribution is -0.183. The standard InChI is InChI=1S/C24H26F4O/c1-2-15-3-5-16(6-4-15)17-9-10-21(22(25)12-17)18-7-8-19-11-20(24(26,27)28)14-29-23(19)13-18/h7-10,12-13,15-16,20H,2-6,11,14H2,1H3. The van der Waals surface area contributed by atoms with Crippen LogP contribution in [-0.4, -0.2) is 12.8 Å². The first-order valence-corrected chi connectivity index (χ1v) is 10.5. The zero-order valence-electron chi connectivity index (χ0n) is 16.6. The van der Waals surface area contributed by atoms with E-state index in [1.165, 1.54) is 19.3 Å². The van der Waals surface area contributed by atoms with Gasteiger partial charge in [0, 0.05) is 5.56 Å². The third-order valence-electron chi connectivity index (χ3n) is 6.64. The summed E-state index contributed by atoms with van der Waals surface area (Å²) in [5.74, 6) is -0.150. The lowest BCUT2D eigenvalue weighted by Crippen LogP contribution is -2.33. The van der Waals surface area contributed by atoms with Crippen molar-refractivity contribution in [3.63, 3.8) is 0 Å². The second-order valence-electron chi connectivity index (χ2n) is 8.44. The van der Waals surface area contributed by atoms with Crippen LogP contribution in [0.15, 0.2) is 36.4 Å². The monoisotopic (exact) mass is 406 g/mol. The molecule has 5 heteroatoms. The van der Waals surface area contributed by atoms with E-state index in [1.54, 1.807) is 30.3 Å². The predicted molar refractivity (Wildman–Crippen MR) is 106 cm³/mol. The fourth-order valence-electron chi connectivity index (χ4n) is 4.67. The molecule has 0 N–H and O–H groups in total. The van der Waals surface area contributed by atoms with Gasteiger partial charge in [0.25, 0.3) is 0 Å². The van der Waals surface area contributed by atoms with E-state index in [0.717, 1.165) is 24.3 Å². The summed E-state index contributed by atoms with van der Waals surface area (Å²) in [6, 6.07) is 10.4. The Morgan fingerprint density at radius 3 is 2.41 bits per heavy atom. The van der Waals surface area contributed by atoms with E-state index < -0.39 is 12.1 Å². The van der Waals surface area contributed by atoms with Gasteiger partial charge in [-0.3, -0.25) is 0 Å². The molecule has 1 heterocycles. The van der Waals surface area contributed by atoms with Crippen LogP contribution in [0.3, 0.4) is 0 Å². The quantitative estimate of drug-likeness (QED) is 0.486. The maximum Gasteiger partial charge on any atom is 0.395 e. The molecule has 0 radical (unpaired) electrons. The van der Waals surface area contributed by atoms with Crippen LogP contribution in [0.25, 0.3) is 11.1 Å². The Kier molecular flexibility index (Phi) is 5.58. The van der Waals surface area contributed by atoms with Crippen molar-refractivity contribution in [2.24, 2.45) is 11.8 Å². The number of fused-ring (bicyclic) bond motifs is 1. The summed E-state index contributed by atoms with van der Waals surface area (Å²) in [6.07, 6.45) is 1.45. The lowest BCUT2D eigenvalue weighted by atomic mass is 9.77. The molecular weight excluding hydrogens is 380 g/mol. The van der Waals surface area contributed by atoms with Crippen LogP contribution in [0.1, 0.15) is 56.1 Å². The molecule has 0 amide bonds. The Balaban J connectivity index is 1.52. The first-order valence-electron chi connectivity index (χ1n) is 10.5. The van der Waals surface area contributed by atoms with E-state index in [4.69, 9.17) is 4.74 Å². The van der Waals surface area contributed by atoms with Crippen LogP contribution in [0.2, 0.25) is 0 Å². The zero-order chi connectivity index (χ0) is 20.6. The van der Waals surface area contributed by atoms with Crippen LogP contribution in [0, 0.1) is 17.7 Å². The summed E-state index contributed by atoms with van der Waals surface area (Å²) < 4.78 is 59.1. The second kappa shape index (κ2) is 8.00. The molecule has 1 aliphatic carbocycles. The van der Waals surface area contributed by atoms with Crippen LogP contribution in [0.5, 0.6) is 5.75 Å². The fourth-order valence-corrected chi connectivity index (χ4v) is 4.67. The fraction of sp³-hybridized carbons (Fsp3) is 0.500. The summed E-state index contributed by atoms with van der Waals surface area (Å²) in [6.45, 7) is 1.84. The highest BCUT2D eigenvalue weighted by Gasteiger charge is 2.42. The first kappa shape index (κ1) is 20.2. The van der Waals surface area contributed by atoms with Gasteiger partial charge in [-0.25, -0.2) is 4.39 Å². The summed E-state index contributed by atoms with van der Waals surface area (Å²) in [5, 5.41) is 0. The summed E-state index contributed by atoms with van der Waals surface area (Å²) in [7, 11) is 0. The molecular formula is C24H26F4O. The molecule has 0 spiro atoms. The average Bonchev–Trinajstić information content (AvgIpc) is 2.72. The maximum atomic E-state index is 14.9. The molecule has 0 aromatic heterocycles. The molecule has 2 aliphatic rings. The van der Waals surface area contributed by atoms with Gasteiger partial charge in [-0.2, -0.15) is 13.2 Å². The molecule has 156 valence electrons. The van der Waals surface area contributed by atoms with E-state index in [9.17, 15) is 17.6 Å². The Bertz CT molecular complexity index is 866. The van der Waals surface area contributed by atoms with Crippen molar-refractivity contribution in [1.82, 2.24) is 0 Å². The Morgan fingerprint density at radius 1 is 1.00 bits per heavy atom. The number of alkyl halides is 3. The average molecular weight is 406 g/mol. The van der Waals surface area contributed by atoms with Gasteiger partial charge in [0.2, 0.25) is 0 Å². The van der Waals surface area contributed by atoms with Crippen molar-refractivity contribution in [3.05, 3.63) is 53.3 Å². The first-order chi connectivity index (χ1) is 13.8. The van der Waals surface area contributed by atoms with Crippen molar-refractivity contribution in [1.29, 1.82) is 0 Å². The number of benzene rings is 2. The van der Waals surface area contributed by atoms with Gasteiger partial charge in [-0.1, -0.05) is 37.6 Å². The van der Waals surface area contributed by atoms with E-state index in [-0.39, 0.29) is 18.8 Å². The van der Waals surface area contributed by atoms with Gasteiger partial charge >= 0.3 is 6.18 Å². The van der Waals surface area contributed by atoms with E-state index >= 15 is 0 Å². The molecule has 0 bridgehead atoms. The predicted octanol–water partition coefficient (Wildman–Crippen LogP) is 7.29. The van der Waals surface area contributed by atoms with Gasteiger partial charge in [0.15, 0.2) is 0 Å². The third-order valence-corrected chi connectivity index (χ3v) is 6.64. The van der Waals surface area contributed by atoms with Gasteiger partial charge in [0.1, 0.15) is 18.2 Å².